The summed E-state index contributed by atoms with van der Waals surface area (Å²) < 4.78 is 40.2. The Kier molecular flexibility index (Phi) is 6.75. The van der Waals surface area contributed by atoms with E-state index in [0.717, 1.165) is 19.4 Å². The minimum atomic E-state index is -4.38. The van der Waals surface area contributed by atoms with E-state index in [0.29, 0.717) is 25.0 Å². The van der Waals surface area contributed by atoms with Gasteiger partial charge >= 0.3 is 6.18 Å². The summed E-state index contributed by atoms with van der Waals surface area (Å²) in [6.07, 6.45) is -2.46. The number of carbonyl (C=O) groups excluding carboxylic acids is 1. The molecule has 0 aromatic rings. The highest BCUT2D eigenvalue weighted by Gasteiger charge is 2.29. The highest BCUT2D eigenvalue weighted by atomic mass is 19.4. The molecule has 1 atom stereocenters. The fraction of sp³-hybridized carbons (Fsp3) is 0.923. The van der Waals surface area contributed by atoms with Crippen molar-refractivity contribution in [3.63, 3.8) is 0 Å². The number of hydrogen-bond donors (Lipinski definition) is 1. The summed E-state index contributed by atoms with van der Waals surface area (Å²) in [5.74, 6) is 0.00112. The second kappa shape index (κ2) is 7.83. The quantitative estimate of drug-likeness (QED) is 0.812. The predicted molar refractivity (Wildman–Crippen MR) is 69.3 cm³/mol. The first-order valence-electron chi connectivity index (χ1n) is 6.93. The first-order chi connectivity index (χ1) is 9.28. The molecule has 0 aromatic heterocycles. The molecule has 4 nitrogen and oxygen atoms in total. The van der Waals surface area contributed by atoms with Gasteiger partial charge in [-0.25, -0.2) is 0 Å². The molecule has 1 rings (SSSR count). The number of rotatable bonds is 6. The fourth-order valence-electron chi connectivity index (χ4n) is 2.21. The molecular formula is C13H23F3N2O2. The molecule has 7 heteroatoms. The van der Waals surface area contributed by atoms with Crippen LogP contribution in [0.1, 0.15) is 26.7 Å². The molecule has 118 valence electrons. The van der Waals surface area contributed by atoms with Crippen LogP contribution in [0.3, 0.4) is 0 Å². The third kappa shape index (κ3) is 7.09. The van der Waals surface area contributed by atoms with Gasteiger partial charge in [0.25, 0.3) is 0 Å². The topological polar surface area (TPSA) is 41.6 Å². The van der Waals surface area contributed by atoms with Crippen molar-refractivity contribution in [2.45, 2.75) is 38.9 Å². The van der Waals surface area contributed by atoms with Crippen LogP contribution in [-0.2, 0) is 9.53 Å². The third-order valence-electron chi connectivity index (χ3n) is 3.18. The number of halogens is 3. The molecule has 0 spiro atoms. The van der Waals surface area contributed by atoms with Crippen molar-refractivity contribution in [2.24, 2.45) is 5.92 Å². The molecule has 0 saturated carbocycles. The summed E-state index contributed by atoms with van der Waals surface area (Å²) in [6.45, 7) is 4.26. The van der Waals surface area contributed by atoms with Crippen molar-refractivity contribution >= 4 is 5.91 Å². The van der Waals surface area contributed by atoms with Crippen molar-refractivity contribution in [3.8, 4) is 0 Å². The number of alkyl halides is 3. The minimum absolute atomic E-state index is 0.358. The van der Waals surface area contributed by atoms with Gasteiger partial charge in [0.05, 0.1) is 0 Å². The Morgan fingerprint density at radius 2 is 2.15 bits per heavy atom. The Hall–Kier alpha value is -0.820. The first-order valence-corrected chi connectivity index (χ1v) is 6.93. The van der Waals surface area contributed by atoms with Gasteiger partial charge in [-0.15, -0.1) is 0 Å². The summed E-state index contributed by atoms with van der Waals surface area (Å²) in [7, 11) is 0. The molecule has 0 aliphatic carbocycles. The van der Waals surface area contributed by atoms with Crippen molar-refractivity contribution in [2.75, 3.05) is 32.8 Å². The lowest BCUT2D eigenvalue weighted by molar-refractivity contribution is -0.178. The van der Waals surface area contributed by atoms with Gasteiger partial charge in [0.15, 0.2) is 0 Å². The van der Waals surface area contributed by atoms with Crippen LogP contribution in [0, 0.1) is 5.92 Å². The minimum Gasteiger partial charge on any atom is -0.362 e. The zero-order chi connectivity index (χ0) is 15.2. The molecule has 1 N–H and O–H groups in total. The van der Waals surface area contributed by atoms with Crippen LogP contribution in [0.2, 0.25) is 0 Å². The van der Waals surface area contributed by atoms with Crippen LogP contribution in [0.5, 0.6) is 0 Å². The van der Waals surface area contributed by atoms with Crippen LogP contribution in [0.15, 0.2) is 0 Å². The molecule has 1 heterocycles. The number of hydrogen-bond acceptors (Lipinski definition) is 3. The molecule has 1 saturated heterocycles. The van der Waals surface area contributed by atoms with E-state index in [2.05, 4.69) is 23.9 Å². The van der Waals surface area contributed by atoms with Crippen molar-refractivity contribution in [1.82, 2.24) is 10.2 Å². The maximum Gasteiger partial charge on any atom is 0.411 e. The monoisotopic (exact) mass is 296 g/mol. The van der Waals surface area contributed by atoms with E-state index in [1.54, 1.807) is 4.90 Å². The lowest BCUT2D eigenvalue weighted by Crippen LogP contribution is -2.45. The van der Waals surface area contributed by atoms with Crippen LogP contribution in [0.4, 0.5) is 13.2 Å². The predicted octanol–water partition coefficient (Wildman–Crippen LogP) is 1.80. The normalized spacial score (nSPS) is 20.5. The summed E-state index contributed by atoms with van der Waals surface area (Å²) in [4.78, 5) is 13.4. The molecule has 0 aromatic carbocycles. The van der Waals surface area contributed by atoms with Gasteiger partial charge in [0.1, 0.15) is 13.2 Å². The Morgan fingerprint density at radius 3 is 2.75 bits per heavy atom. The second-order valence-electron chi connectivity index (χ2n) is 5.52. The van der Waals surface area contributed by atoms with Crippen molar-refractivity contribution in [1.29, 1.82) is 0 Å². The van der Waals surface area contributed by atoms with Gasteiger partial charge in [0.2, 0.25) is 5.91 Å². The van der Waals surface area contributed by atoms with E-state index in [1.807, 2.05) is 0 Å². The SMILES string of the molecule is CC(C)NCC1CCCN(C(=O)COCC(F)(F)F)C1. The number of nitrogens with one attached hydrogen (secondary N) is 1. The first kappa shape index (κ1) is 17.2. The van der Waals surface area contributed by atoms with Gasteiger partial charge in [-0.05, 0) is 25.3 Å². The van der Waals surface area contributed by atoms with Crippen molar-refractivity contribution < 1.29 is 22.7 Å². The molecular weight excluding hydrogens is 273 g/mol. The molecule has 1 fully saturated rings. The smallest absolute Gasteiger partial charge is 0.362 e. The van der Waals surface area contributed by atoms with E-state index in [9.17, 15) is 18.0 Å². The van der Waals surface area contributed by atoms with Crippen molar-refractivity contribution in [3.05, 3.63) is 0 Å². The maximum atomic E-state index is 11.9. The van der Waals surface area contributed by atoms with E-state index >= 15 is 0 Å². The van der Waals surface area contributed by atoms with Crippen LogP contribution in [0.25, 0.3) is 0 Å². The molecule has 0 bridgehead atoms. The van der Waals surface area contributed by atoms with Gasteiger partial charge in [-0.3, -0.25) is 4.79 Å². The van der Waals surface area contributed by atoms with E-state index in [1.165, 1.54) is 0 Å². The number of nitrogens with zero attached hydrogens (tertiary/aromatic N) is 1. The van der Waals surface area contributed by atoms with Crippen LogP contribution >= 0.6 is 0 Å². The van der Waals surface area contributed by atoms with E-state index in [-0.39, 0.29) is 5.91 Å². The summed E-state index contributed by atoms with van der Waals surface area (Å²) in [5.41, 5.74) is 0. The average Bonchev–Trinajstić information content (AvgIpc) is 2.35. The number of likely N-dealkylation sites (tertiary alicyclic amines) is 1. The van der Waals surface area contributed by atoms with E-state index < -0.39 is 19.4 Å². The Morgan fingerprint density at radius 1 is 1.45 bits per heavy atom. The molecule has 20 heavy (non-hydrogen) atoms. The van der Waals surface area contributed by atoms with Gasteiger partial charge in [-0.1, -0.05) is 13.8 Å². The zero-order valence-corrected chi connectivity index (χ0v) is 12.0. The Labute approximate surface area is 117 Å². The average molecular weight is 296 g/mol. The van der Waals surface area contributed by atoms with E-state index in [4.69, 9.17) is 0 Å². The number of carbonyl (C=O) groups is 1. The number of amides is 1. The fourth-order valence-corrected chi connectivity index (χ4v) is 2.21. The van der Waals surface area contributed by atoms with Gasteiger partial charge < -0.3 is 15.0 Å². The molecule has 1 aliphatic heterocycles. The molecule has 0 radical (unpaired) electrons. The lowest BCUT2D eigenvalue weighted by atomic mass is 9.97. The molecule has 1 aliphatic rings. The summed E-state index contributed by atoms with van der Waals surface area (Å²) in [6, 6.07) is 0.385. The van der Waals surface area contributed by atoms with Crippen LogP contribution < -0.4 is 5.32 Å². The molecule has 1 unspecified atom stereocenters. The highest BCUT2D eigenvalue weighted by Crippen LogP contribution is 2.17. The van der Waals surface area contributed by atoms with Gasteiger partial charge in [0, 0.05) is 19.1 Å². The maximum absolute atomic E-state index is 11.9. The number of ether oxygens (including phenoxy) is 1. The Balaban J connectivity index is 2.29. The summed E-state index contributed by atoms with van der Waals surface area (Å²) in [5, 5.41) is 3.32. The summed E-state index contributed by atoms with van der Waals surface area (Å²) >= 11 is 0. The lowest BCUT2D eigenvalue weighted by Gasteiger charge is -2.33. The largest absolute Gasteiger partial charge is 0.411 e. The molecule has 1 amide bonds. The Bertz CT molecular complexity index is 308. The van der Waals surface area contributed by atoms with Gasteiger partial charge in [-0.2, -0.15) is 13.2 Å². The zero-order valence-electron chi connectivity index (χ0n) is 12.0. The standard InChI is InChI=1S/C13H23F3N2O2/c1-10(2)17-6-11-4-3-5-18(7-11)12(19)8-20-9-13(14,15)16/h10-11,17H,3-9H2,1-2H3. The highest BCUT2D eigenvalue weighted by molar-refractivity contribution is 5.77. The van der Waals surface area contributed by atoms with Crippen LogP contribution in [-0.4, -0.2) is 55.9 Å². The second-order valence-corrected chi connectivity index (χ2v) is 5.52. The number of piperidine rings is 1. The third-order valence-corrected chi connectivity index (χ3v) is 3.18.